The van der Waals surface area contributed by atoms with Crippen LogP contribution >= 0.6 is 11.6 Å². The molecule has 2 rings (SSSR count). The Morgan fingerprint density at radius 3 is 3.00 bits per heavy atom. The zero-order valence-corrected chi connectivity index (χ0v) is 7.98. The molecule has 12 heavy (non-hydrogen) atoms. The van der Waals surface area contributed by atoms with Crippen molar-refractivity contribution in [3.05, 3.63) is 28.3 Å². The number of hydrogen-bond acceptors (Lipinski definition) is 1. The molecule has 1 aromatic rings. The summed E-state index contributed by atoms with van der Waals surface area (Å²) in [6.07, 6.45) is 0. The second-order valence-corrected chi connectivity index (χ2v) is 3.71. The fraction of sp³-hybridized carbons (Fsp3) is 0.400. The summed E-state index contributed by atoms with van der Waals surface area (Å²) >= 11 is 5.96. The largest absolute Gasteiger partial charge is 0.492 e. The Morgan fingerprint density at radius 2 is 2.25 bits per heavy atom. The molecule has 1 aliphatic heterocycles. The molecule has 0 aliphatic carbocycles. The average molecular weight is 183 g/mol. The maximum atomic E-state index is 5.96. The van der Waals surface area contributed by atoms with Crippen molar-refractivity contribution in [1.82, 2.24) is 0 Å². The predicted molar refractivity (Wildman–Crippen MR) is 50.1 cm³/mol. The van der Waals surface area contributed by atoms with E-state index in [0.29, 0.717) is 5.92 Å². The van der Waals surface area contributed by atoms with E-state index in [1.165, 1.54) is 5.56 Å². The van der Waals surface area contributed by atoms with Gasteiger partial charge in [0.15, 0.2) is 0 Å². The molecule has 0 spiro atoms. The first kappa shape index (κ1) is 7.93. The van der Waals surface area contributed by atoms with Crippen molar-refractivity contribution in [2.75, 3.05) is 6.61 Å². The SMILES string of the molecule is Cc1c(Cl)ccc2c1OCC2C. The Bertz CT molecular complexity index is 320. The first-order chi connectivity index (χ1) is 5.70. The van der Waals surface area contributed by atoms with E-state index in [-0.39, 0.29) is 0 Å². The highest BCUT2D eigenvalue weighted by Crippen LogP contribution is 2.38. The minimum atomic E-state index is 0.510. The van der Waals surface area contributed by atoms with Gasteiger partial charge in [0.2, 0.25) is 0 Å². The zero-order chi connectivity index (χ0) is 8.72. The molecule has 0 fully saturated rings. The minimum Gasteiger partial charge on any atom is -0.492 e. The monoisotopic (exact) mass is 182 g/mol. The Morgan fingerprint density at radius 1 is 1.50 bits per heavy atom. The van der Waals surface area contributed by atoms with Gasteiger partial charge in [-0.2, -0.15) is 0 Å². The van der Waals surface area contributed by atoms with Crippen molar-refractivity contribution in [3.8, 4) is 5.75 Å². The molecule has 0 aromatic heterocycles. The molecule has 1 aliphatic rings. The van der Waals surface area contributed by atoms with Gasteiger partial charge in [0, 0.05) is 22.1 Å². The summed E-state index contributed by atoms with van der Waals surface area (Å²) in [7, 11) is 0. The normalized spacial score (nSPS) is 20.4. The van der Waals surface area contributed by atoms with Gasteiger partial charge >= 0.3 is 0 Å². The Balaban J connectivity index is 2.60. The molecule has 0 amide bonds. The van der Waals surface area contributed by atoms with E-state index < -0.39 is 0 Å². The van der Waals surface area contributed by atoms with Gasteiger partial charge in [-0.1, -0.05) is 24.6 Å². The molecule has 64 valence electrons. The van der Waals surface area contributed by atoms with Gasteiger partial charge in [0.1, 0.15) is 5.75 Å². The highest BCUT2D eigenvalue weighted by Gasteiger charge is 2.22. The quantitative estimate of drug-likeness (QED) is 0.599. The summed E-state index contributed by atoms with van der Waals surface area (Å²) in [4.78, 5) is 0. The van der Waals surface area contributed by atoms with Crippen LogP contribution in [0.5, 0.6) is 5.75 Å². The summed E-state index contributed by atoms with van der Waals surface area (Å²) in [6, 6.07) is 4.00. The van der Waals surface area contributed by atoms with Gasteiger partial charge in [-0.15, -0.1) is 0 Å². The standard InChI is InChI=1S/C10H11ClO/c1-6-5-12-10-7(2)9(11)4-3-8(6)10/h3-4,6H,5H2,1-2H3. The van der Waals surface area contributed by atoms with Crippen LogP contribution in [0.25, 0.3) is 0 Å². The molecule has 1 nitrogen and oxygen atoms in total. The molecule has 1 unspecified atom stereocenters. The van der Waals surface area contributed by atoms with Crippen LogP contribution in [-0.4, -0.2) is 6.61 Å². The predicted octanol–water partition coefficient (Wildman–Crippen LogP) is 3.14. The maximum absolute atomic E-state index is 5.96. The van der Waals surface area contributed by atoms with Gasteiger partial charge in [0.25, 0.3) is 0 Å². The lowest BCUT2D eigenvalue weighted by Crippen LogP contribution is -1.93. The number of benzene rings is 1. The third-order valence-corrected chi connectivity index (χ3v) is 2.79. The second-order valence-electron chi connectivity index (χ2n) is 3.30. The third-order valence-electron chi connectivity index (χ3n) is 2.38. The first-order valence-corrected chi connectivity index (χ1v) is 4.49. The number of hydrogen-bond donors (Lipinski definition) is 0. The van der Waals surface area contributed by atoms with Crippen molar-refractivity contribution in [2.45, 2.75) is 19.8 Å². The van der Waals surface area contributed by atoms with Gasteiger partial charge in [-0.3, -0.25) is 0 Å². The maximum Gasteiger partial charge on any atom is 0.127 e. The Hall–Kier alpha value is -0.690. The van der Waals surface area contributed by atoms with Crippen LogP contribution in [0.4, 0.5) is 0 Å². The molecule has 0 N–H and O–H groups in total. The van der Waals surface area contributed by atoms with Crippen LogP contribution in [0.15, 0.2) is 12.1 Å². The molecular formula is C10H11ClO. The Labute approximate surface area is 77.3 Å². The summed E-state index contributed by atoms with van der Waals surface area (Å²) < 4.78 is 5.54. The summed E-state index contributed by atoms with van der Waals surface area (Å²) in [5.41, 5.74) is 2.36. The molecule has 0 saturated carbocycles. The van der Waals surface area contributed by atoms with Crippen molar-refractivity contribution < 1.29 is 4.74 Å². The summed E-state index contributed by atoms with van der Waals surface area (Å²) in [5.74, 6) is 1.51. The van der Waals surface area contributed by atoms with Crippen LogP contribution in [-0.2, 0) is 0 Å². The van der Waals surface area contributed by atoms with E-state index in [1.54, 1.807) is 0 Å². The van der Waals surface area contributed by atoms with E-state index in [2.05, 4.69) is 13.0 Å². The lowest BCUT2D eigenvalue weighted by molar-refractivity contribution is 0.335. The van der Waals surface area contributed by atoms with E-state index >= 15 is 0 Å². The summed E-state index contributed by atoms with van der Waals surface area (Å²) in [6.45, 7) is 4.95. The second kappa shape index (κ2) is 2.67. The van der Waals surface area contributed by atoms with Crippen LogP contribution in [0.1, 0.15) is 24.0 Å². The smallest absolute Gasteiger partial charge is 0.127 e. The zero-order valence-electron chi connectivity index (χ0n) is 7.23. The van der Waals surface area contributed by atoms with Gasteiger partial charge in [-0.05, 0) is 13.0 Å². The summed E-state index contributed by atoms with van der Waals surface area (Å²) in [5, 5.41) is 0.794. The first-order valence-electron chi connectivity index (χ1n) is 4.12. The molecule has 0 saturated heterocycles. The number of rotatable bonds is 0. The molecule has 1 atom stereocenters. The molecule has 0 radical (unpaired) electrons. The highest BCUT2D eigenvalue weighted by atomic mass is 35.5. The van der Waals surface area contributed by atoms with Gasteiger partial charge in [0.05, 0.1) is 6.61 Å². The highest BCUT2D eigenvalue weighted by molar-refractivity contribution is 6.31. The number of fused-ring (bicyclic) bond motifs is 1. The van der Waals surface area contributed by atoms with Crippen LogP contribution in [0.3, 0.4) is 0 Å². The van der Waals surface area contributed by atoms with Crippen molar-refractivity contribution >= 4 is 11.6 Å². The van der Waals surface area contributed by atoms with Crippen molar-refractivity contribution in [2.24, 2.45) is 0 Å². The Kier molecular flexibility index (Phi) is 1.76. The fourth-order valence-corrected chi connectivity index (χ4v) is 1.72. The third kappa shape index (κ3) is 1.00. The minimum absolute atomic E-state index is 0.510. The molecular weight excluding hydrogens is 172 g/mol. The van der Waals surface area contributed by atoms with Crippen LogP contribution < -0.4 is 4.74 Å². The number of ether oxygens (including phenoxy) is 1. The van der Waals surface area contributed by atoms with Gasteiger partial charge in [-0.25, -0.2) is 0 Å². The van der Waals surface area contributed by atoms with E-state index in [1.807, 2.05) is 13.0 Å². The fourth-order valence-electron chi connectivity index (χ4n) is 1.57. The molecule has 2 heteroatoms. The van der Waals surface area contributed by atoms with E-state index in [9.17, 15) is 0 Å². The van der Waals surface area contributed by atoms with E-state index in [4.69, 9.17) is 16.3 Å². The van der Waals surface area contributed by atoms with Crippen molar-refractivity contribution in [1.29, 1.82) is 0 Å². The van der Waals surface area contributed by atoms with E-state index in [0.717, 1.165) is 22.9 Å². The number of halogens is 1. The lowest BCUT2D eigenvalue weighted by Gasteiger charge is -2.04. The average Bonchev–Trinajstić information content (AvgIpc) is 2.41. The van der Waals surface area contributed by atoms with Gasteiger partial charge < -0.3 is 4.74 Å². The lowest BCUT2D eigenvalue weighted by atomic mass is 10.0. The molecule has 1 heterocycles. The molecule has 1 aromatic carbocycles. The van der Waals surface area contributed by atoms with Crippen molar-refractivity contribution in [3.63, 3.8) is 0 Å². The van der Waals surface area contributed by atoms with Crippen LogP contribution in [0, 0.1) is 6.92 Å². The van der Waals surface area contributed by atoms with Crippen LogP contribution in [0.2, 0.25) is 5.02 Å². The molecule has 0 bridgehead atoms. The topological polar surface area (TPSA) is 9.23 Å².